The lowest BCUT2D eigenvalue weighted by Gasteiger charge is -2.24. The molecule has 1 saturated heterocycles. The van der Waals surface area contributed by atoms with E-state index in [1.807, 2.05) is 13.0 Å². The molecule has 0 aromatic rings. The molecule has 2 rings (SSSR count). The van der Waals surface area contributed by atoms with Gasteiger partial charge in [-0.15, -0.1) is 0 Å². The summed E-state index contributed by atoms with van der Waals surface area (Å²) in [6.07, 6.45) is 14.2. The maximum absolute atomic E-state index is 12.3. The van der Waals surface area contributed by atoms with Gasteiger partial charge in [-0.3, -0.25) is 4.79 Å². The molecule has 7 atom stereocenters. The number of rotatable bonds is 5. The molecule has 158 valence electrons. The van der Waals surface area contributed by atoms with Crippen molar-refractivity contribution in [3.8, 4) is 0 Å². The maximum atomic E-state index is 12.3. The zero-order chi connectivity index (χ0) is 20.7. The summed E-state index contributed by atoms with van der Waals surface area (Å²) in [7, 11) is 0. The van der Waals surface area contributed by atoms with Crippen molar-refractivity contribution in [3.05, 3.63) is 36.0 Å². The number of esters is 1. The molecule has 0 radical (unpaired) electrons. The first-order chi connectivity index (χ1) is 13.3. The van der Waals surface area contributed by atoms with Crippen LogP contribution >= 0.6 is 0 Å². The summed E-state index contributed by atoms with van der Waals surface area (Å²) in [6, 6.07) is 0. The van der Waals surface area contributed by atoms with Crippen LogP contribution in [0, 0.1) is 17.8 Å². The lowest BCUT2D eigenvalue weighted by atomic mass is 9.93. The summed E-state index contributed by atoms with van der Waals surface area (Å²) >= 11 is 0. The molecule has 28 heavy (non-hydrogen) atoms. The van der Waals surface area contributed by atoms with Crippen LogP contribution in [0.4, 0.5) is 0 Å². The number of epoxide rings is 1. The van der Waals surface area contributed by atoms with Crippen molar-refractivity contribution in [1.29, 1.82) is 0 Å². The molecular weight excluding hydrogens is 352 g/mol. The Morgan fingerprint density at radius 1 is 1.32 bits per heavy atom. The van der Waals surface area contributed by atoms with E-state index in [0.29, 0.717) is 30.5 Å². The largest absolute Gasteiger partial charge is 0.457 e. The molecule has 1 fully saturated rings. The van der Waals surface area contributed by atoms with Crippen LogP contribution in [0.3, 0.4) is 0 Å². The van der Waals surface area contributed by atoms with Crippen LogP contribution in [0.2, 0.25) is 0 Å². The highest BCUT2D eigenvalue weighted by Crippen LogP contribution is 2.28. The van der Waals surface area contributed by atoms with Gasteiger partial charge in [0.25, 0.3) is 0 Å². The summed E-state index contributed by atoms with van der Waals surface area (Å²) in [5, 5.41) is 10.1. The van der Waals surface area contributed by atoms with Gasteiger partial charge in [-0.25, -0.2) is 0 Å². The Balaban J connectivity index is 2.03. The van der Waals surface area contributed by atoms with Crippen molar-refractivity contribution in [2.75, 3.05) is 0 Å². The molecule has 6 unspecified atom stereocenters. The Hall–Kier alpha value is -1.39. The molecule has 0 saturated carbocycles. The highest BCUT2D eigenvalue weighted by atomic mass is 16.6. The van der Waals surface area contributed by atoms with Gasteiger partial charge < -0.3 is 14.6 Å². The zero-order valence-corrected chi connectivity index (χ0v) is 18.1. The second-order valence-corrected chi connectivity index (χ2v) is 8.86. The van der Waals surface area contributed by atoms with Gasteiger partial charge in [0.05, 0.1) is 24.7 Å². The minimum Gasteiger partial charge on any atom is -0.457 e. The van der Waals surface area contributed by atoms with Gasteiger partial charge in [-0.1, -0.05) is 51.2 Å². The SMILES string of the molecule is C/C(=C\C=C\C(C)CC1OC1C)[C@H]1OC(=O)CC(O)CCC(C)C/C=C/C1C. The first-order valence-corrected chi connectivity index (χ1v) is 10.8. The molecule has 0 aliphatic carbocycles. The highest BCUT2D eigenvalue weighted by Gasteiger charge is 2.34. The zero-order valence-electron chi connectivity index (χ0n) is 18.1. The lowest BCUT2D eigenvalue weighted by Crippen LogP contribution is -2.28. The Morgan fingerprint density at radius 3 is 2.71 bits per heavy atom. The van der Waals surface area contributed by atoms with Crippen LogP contribution in [0.1, 0.15) is 66.7 Å². The number of aliphatic hydroxyl groups is 1. The average molecular weight is 391 g/mol. The van der Waals surface area contributed by atoms with E-state index in [1.54, 1.807) is 0 Å². The average Bonchev–Trinajstić information content (AvgIpc) is 3.31. The molecule has 2 heterocycles. The summed E-state index contributed by atoms with van der Waals surface area (Å²) in [4.78, 5) is 12.3. The smallest absolute Gasteiger partial charge is 0.309 e. The van der Waals surface area contributed by atoms with Gasteiger partial charge in [-0.05, 0) is 56.9 Å². The Morgan fingerprint density at radius 2 is 2.04 bits per heavy atom. The third-order valence-electron chi connectivity index (χ3n) is 5.80. The van der Waals surface area contributed by atoms with Gasteiger partial charge in [0, 0.05) is 5.92 Å². The van der Waals surface area contributed by atoms with Crippen LogP contribution < -0.4 is 0 Å². The number of hydrogen-bond acceptors (Lipinski definition) is 4. The van der Waals surface area contributed by atoms with Crippen LogP contribution in [0.15, 0.2) is 36.0 Å². The van der Waals surface area contributed by atoms with Crippen molar-refractivity contribution >= 4 is 5.97 Å². The van der Waals surface area contributed by atoms with E-state index in [2.05, 4.69) is 52.0 Å². The molecule has 4 nitrogen and oxygen atoms in total. The van der Waals surface area contributed by atoms with Gasteiger partial charge in [0.2, 0.25) is 0 Å². The lowest BCUT2D eigenvalue weighted by molar-refractivity contribution is -0.151. The molecule has 0 spiro atoms. The second kappa shape index (κ2) is 11.0. The third kappa shape index (κ3) is 7.92. The second-order valence-electron chi connectivity index (χ2n) is 8.86. The fraction of sp³-hybridized carbons (Fsp3) is 0.708. The van der Waals surface area contributed by atoms with Gasteiger partial charge in [0.15, 0.2) is 0 Å². The summed E-state index contributed by atoms with van der Waals surface area (Å²) in [5.41, 5.74) is 1.02. The molecule has 2 aliphatic heterocycles. The van der Waals surface area contributed by atoms with E-state index in [-0.39, 0.29) is 24.4 Å². The Bertz CT molecular complexity index is 591. The number of ether oxygens (including phenoxy) is 2. The minimum atomic E-state index is -0.619. The van der Waals surface area contributed by atoms with Crippen molar-refractivity contribution in [2.45, 2.75) is 91.1 Å². The standard InChI is InChI=1S/C24H38O4/c1-16-8-6-10-18(3)24(28-23(26)15-21(25)13-12-16)19(4)11-7-9-17(2)14-22-20(5)27-22/h6-7,9-11,16-18,20-22,24-25H,8,12-15H2,1-5H3/b9-7+,10-6+,19-11+/t16?,17?,18?,20?,21?,22?,24-/m0/s1. The number of cyclic esters (lactones) is 1. The van der Waals surface area contributed by atoms with Crippen molar-refractivity contribution in [1.82, 2.24) is 0 Å². The normalized spacial score (nSPS) is 37.6. The van der Waals surface area contributed by atoms with Crippen molar-refractivity contribution in [2.24, 2.45) is 17.8 Å². The molecule has 0 bridgehead atoms. The van der Waals surface area contributed by atoms with E-state index in [0.717, 1.165) is 24.8 Å². The van der Waals surface area contributed by atoms with E-state index in [9.17, 15) is 9.90 Å². The predicted octanol–water partition coefficient (Wildman–Crippen LogP) is 4.98. The van der Waals surface area contributed by atoms with Gasteiger partial charge >= 0.3 is 5.97 Å². The Labute approximate surface area is 170 Å². The number of allylic oxidation sites excluding steroid dienone is 4. The van der Waals surface area contributed by atoms with E-state index >= 15 is 0 Å². The molecule has 0 amide bonds. The minimum absolute atomic E-state index is 0.0688. The quantitative estimate of drug-likeness (QED) is 0.311. The molecule has 0 aromatic carbocycles. The molecular formula is C24H38O4. The topological polar surface area (TPSA) is 59.1 Å². The third-order valence-corrected chi connectivity index (χ3v) is 5.80. The maximum Gasteiger partial charge on any atom is 0.309 e. The van der Waals surface area contributed by atoms with Gasteiger partial charge in [0.1, 0.15) is 6.10 Å². The van der Waals surface area contributed by atoms with Crippen molar-refractivity contribution in [3.63, 3.8) is 0 Å². The number of hydrogen-bond donors (Lipinski definition) is 1. The van der Waals surface area contributed by atoms with Crippen LogP contribution in [0.25, 0.3) is 0 Å². The van der Waals surface area contributed by atoms with E-state index in [4.69, 9.17) is 9.47 Å². The van der Waals surface area contributed by atoms with Crippen LogP contribution in [-0.2, 0) is 14.3 Å². The first kappa shape index (κ1) is 22.9. The number of carbonyl (C=O) groups is 1. The summed E-state index contributed by atoms with van der Waals surface area (Å²) in [6.45, 7) is 10.6. The van der Waals surface area contributed by atoms with Crippen LogP contribution in [-0.4, -0.2) is 35.5 Å². The summed E-state index contributed by atoms with van der Waals surface area (Å²) < 4.78 is 11.3. The molecule has 1 N–H and O–H groups in total. The molecule has 4 heteroatoms. The van der Waals surface area contributed by atoms with Gasteiger partial charge in [-0.2, -0.15) is 0 Å². The molecule has 2 aliphatic rings. The Kier molecular flexibility index (Phi) is 8.97. The monoisotopic (exact) mass is 390 g/mol. The van der Waals surface area contributed by atoms with Crippen LogP contribution in [0.5, 0.6) is 0 Å². The molecule has 0 aromatic heterocycles. The highest BCUT2D eigenvalue weighted by molar-refractivity contribution is 5.70. The fourth-order valence-corrected chi connectivity index (χ4v) is 3.73. The van der Waals surface area contributed by atoms with E-state index in [1.165, 1.54) is 0 Å². The number of carbonyl (C=O) groups excluding carboxylic acids is 1. The predicted molar refractivity (Wildman–Crippen MR) is 113 cm³/mol. The fourth-order valence-electron chi connectivity index (χ4n) is 3.73. The first-order valence-electron chi connectivity index (χ1n) is 10.8. The summed E-state index contributed by atoms with van der Waals surface area (Å²) in [5.74, 6) is 0.726. The number of aliphatic hydroxyl groups excluding tert-OH is 1. The van der Waals surface area contributed by atoms with Crippen molar-refractivity contribution < 1.29 is 19.4 Å². The van der Waals surface area contributed by atoms with E-state index < -0.39 is 6.10 Å².